The molecule has 0 aromatic heterocycles. The van der Waals surface area contributed by atoms with Crippen molar-refractivity contribution in [2.75, 3.05) is 0 Å². The van der Waals surface area contributed by atoms with Crippen molar-refractivity contribution in [3.63, 3.8) is 0 Å². The fraction of sp³-hybridized carbons (Fsp3) is 0.368. The molecule has 1 saturated carbocycles. The molecule has 0 bridgehead atoms. The second-order valence-electron chi connectivity index (χ2n) is 6.09. The van der Waals surface area contributed by atoms with E-state index in [4.69, 9.17) is 0 Å². The van der Waals surface area contributed by atoms with Gasteiger partial charge in [-0.05, 0) is 49.3 Å². The molecular formula is C19H23N. The largest absolute Gasteiger partial charge is 0.310 e. The molecule has 0 spiro atoms. The van der Waals surface area contributed by atoms with E-state index in [0.29, 0.717) is 6.04 Å². The first kappa shape index (κ1) is 13.4. The Bertz CT molecular complexity index is 565. The number of rotatable bonds is 4. The van der Waals surface area contributed by atoms with E-state index in [0.717, 1.165) is 12.5 Å². The minimum atomic E-state index is 0.681. The summed E-state index contributed by atoms with van der Waals surface area (Å²) in [6.07, 6.45) is 2.55. The summed E-state index contributed by atoms with van der Waals surface area (Å²) in [4.78, 5) is 0. The molecule has 0 amide bonds. The Morgan fingerprint density at radius 2 is 1.65 bits per heavy atom. The zero-order valence-corrected chi connectivity index (χ0v) is 12.4. The van der Waals surface area contributed by atoms with Crippen LogP contribution in [0.3, 0.4) is 0 Å². The van der Waals surface area contributed by atoms with Crippen LogP contribution in [-0.2, 0) is 6.54 Å². The minimum absolute atomic E-state index is 0.681. The average Bonchev–Trinajstić information content (AvgIpc) is 2.41. The molecule has 1 heteroatoms. The number of nitrogens with one attached hydrogen (secondary N) is 1. The van der Waals surface area contributed by atoms with Crippen LogP contribution in [0, 0.1) is 13.8 Å². The molecule has 104 valence electrons. The molecule has 0 atom stereocenters. The first-order chi connectivity index (χ1) is 9.72. The van der Waals surface area contributed by atoms with Crippen molar-refractivity contribution in [3.05, 3.63) is 70.8 Å². The van der Waals surface area contributed by atoms with Gasteiger partial charge in [0.1, 0.15) is 0 Å². The van der Waals surface area contributed by atoms with Crippen LogP contribution in [0.5, 0.6) is 0 Å². The predicted octanol–water partition coefficient (Wildman–Crippen LogP) is 4.34. The molecule has 2 aromatic carbocycles. The average molecular weight is 265 g/mol. The molecule has 0 unspecified atom stereocenters. The first-order valence-electron chi connectivity index (χ1n) is 7.57. The van der Waals surface area contributed by atoms with Crippen LogP contribution >= 0.6 is 0 Å². The third-order valence-corrected chi connectivity index (χ3v) is 4.48. The lowest BCUT2D eigenvalue weighted by atomic mass is 9.74. The molecule has 1 fully saturated rings. The highest BCUT2D eigenvalue weighted by Crippen LogP contribution is 2.38. The third kappa shape index (κ3) is 2.94. The Hall–Kier alpha value is -1.60. The van der Waals surface area contributed by atoms with Crippen molar-refractivity contribution in [2.24, 2.45) is 0 Å². The van der Waals surface area contributed by atoms with Gasteiger partial charge in [0.15, 0.2) is 0 Å². The van der Waals surface area contributed by atoms with E-state index < -0.39 is 0 Å². The fourth-order valence-corrected chi connectivity index (χ4v) is 3.05. The topological polar surface area (TPSA) is 12.0 Å². The van der Waals surface area contributed by atoms with Crippen LogP contribution in [0.25, 0.3) is 0 Å². The molecule has 0 saturated heterocycles. The number of hydrogen-bond acceptors (Lipinski definition) is 1. The number of aryl methyl sites for hydroxylation is 2. The summed E-state index contributed by atoms with van der Waals surface area (Å²) in [7, 11) is 0. The second kappa shape index (κ2) is 5.80. The Labute approximate surface area is 122 Å². The van der Waals surface area contributed by atoms with Gasteiger partial charge in [-0.15, -0.1) is 0 Å². The maximum Gasteiger partial charge on any atom is 0.0208 e. The van der Waals surface area contributed by atoms with Crippen molar-refractivity contribution in [2.45, 2.75) is 45.2 Å². The van der Waals surface area contributed by atoms with Crippen molar-refractivity contribution < 1.29 is 0 Å². The molecule has 1 N–H and O–H groups in total. The molecular weight excluding hydrogens is 242 g/mol. The predicted molar refractivity (Wildman–Crippen MR) is 85.0 cm³/mol. The summed E-state index contributed by atoms with van der Waals surface area (Å²) in [6.45, 7) is 5.35. The van der Waals surface area contributed by atoms with E-state index in [-0.39, 0.29) is 0 Å². The highest BCUT2D eigenvalue weighted by atomic mass is 14.9. The lowest BCUT2D eigenvalue weighted by Crippen LogP contribution is -2.39. The van der Waals surface area contributed by atoms with Gasteiger partial charge in [0.2, 0.25) is 0 Å². The summed E-state index contributed by atoms with van der Waals surface area (Å²) < 4.78 is 0. The van der Waals surface area contributed by atoms with E-state index in [9.17, 15) is 0 Å². The van der Waals surface area contributed by atoms with Gasteiger partial charge in [0, 0.05) is 12.6 Å². The zero-order valence-electron chi connectivity index (χ0n) is 12.4. The summed E-state index contributed by atoms with van der Waals surface area (Å²) in [6, 6.07) is 18.3. The van der Waals surface area contributed by atoms with Gasteiger partial charge in [-0.2, -0.15) is 0 Å². The van der Waals surface area contributed by atoms with Crippen molar-refractivity contribution in [3.8, 4) is 0 Å². The molecule has 2 aromatic rings. The van der Waals surface area contributed by atoms with Gasteiger partial charge in [-0.1, -0.05) is 54.1 Å². The van der Waals surface area contributed by atoms with Crippen molar-refractivity contribution >= 4 is 0 Å². The summed E-state index contributed by atoms with van der Waals surface area (Å²) in [5.74, 6) is 0.756. The highest BCUT2D eigenvalue weighted by molar-refractivity contribution is 5.31. The van der Waals surface area contributed by atoms with Gasteiger partial charge >= 0.3 is 0 Å². The van der Waals surface area contributed by atoms with E-state index in [1.807, 2.05) is 0 Å². The van der Waals surface area contributed by atoms with Gasteiger partial charge in [0.05, 0.1) is 0 Å². The summed E-state index contributed by atoms with van der Waals surface area (Å²) >= 11 is 0. The minimum Gasteiger partial charge on any atom is -0.310 e. The molecule has 1 nitrogen and oxygen atoms in total. The van der Waals surface area contributed by atoms with E-state index in [1.165, 1.54) is 29.5 Å². The van der Waals surface area contributed by atoms with Crippen LogP contribution in [0.4, 0.5) is 0 Å². The highest BCUT2D eigenvalue weighted by Gasteiger charge is 2.30. The molecule has 0 aliphatic heterocycles. The first-order valence-corrected chi connectivity index (χ1v) is 7.57. The van der Waals surface area contributed by atoms with Gasteiger partial charge in [0.25, 0.3) is 0 Å². The second-order valence-corrected chi connectivity index (χ2v) is 6.09. The van der Waals surface area contributed by atoms with Crippen LogP contribution in [0.1, 0.15) is 41.0 Å². The van der Waals surface area contributed by atoms with E-state index in [2.05, 4.69) is 67.7 Å². The van der Waals surface area contributed by atoms with Gasteiger partial charge in [-0.3, -0.25) is 0 Å². The van der Waals surface area contributed by atoms with Crippen LogP contribution < -0.4 is 5.32 Å². The van der Waals surface area contributed by atoms with E-state index in [1.54, 1.807) is 5.56 Å². The third-order valence-electron chi connectivity index (χ3n) is 4.48. The molecule has 0 radical (unpaired) electrons. The van der Waals surface area contributed by atoms with Crippen molar-refractivity contribution in [1.82, 2.24) is 5.32 Å². The lowest BCUT2D eigenvalue weighted by Gasteiger charge is -2.37. The van der Waals surface area contributed by atoms with Crippen LogP contribution in [-0.4, -0.2) is 6.04 Å². The number of benzene rings is 2. The zero-order chi connectivity index (χ0) is 13.9. The molecule has 3 rings (SSSR count). The van der Waals surface area contributed by atoms with Crippen molar-refractivity contribution in [1.29, 1.82) is 0 Å². The van der Waals surface area contributed by atoms with Gasteiger partial charge < -0.3 is 5.32 Å². The lowest BCUT2D eigenvalue weighted by molar-refractivity contribution is 0.289. The van der Waals surface area contributed by atoms with Crippen LogP contribution in [0.15, 0.2) is 48.5 Å². The Balaban J connectivity index is 1.49. The molecule has 20 heavy (non-hydrogen) atoms. The Kier molecular flexibility index (Phi) is 3.88. The fourth-order valence-electron chi connectivity index (χ4n) is 3.05. The Morgan fingerprint density at radius 1 is 0.950 bits per heavy atom. The molecule has 0 heterocycles. The normalized spacial score (nSPS) is 21.5. The maximum absolute atomic E-state index is 3.67. The van der Waals surface area contributed by atoms with Gasteiger partial charge in [-0.25, -0.2) is 0 Å². The monoisotopic (exact) mass is 265 g/mol. The van der Waals surface area contributed by atoms with Crippen LogP contribution in [0.2, 0.25) is 0 Å². The SMILES string of the molecule is Cc1ccc(CNC2CC(c3ccccc3C)C2)cc1. The summed E-state index contributed by atoms with van der Waals surface area (Å²) in [5.41, 5.74) is 5.70. The standard InChI is InChI=1S/C19H23N/c1-14-7-9-16(10-8-14)13-20-18-11-17(12-18)19-6-4-3-5-15(19)2/h3-10,17-18,20H,11-13H2,1-2H3. The maximum atomic E-state index is 3.67. The quantitative estimate of drug-likeness (QED) is 0.867. The smallest absolute Gasteiger partial charge is 0.0208 e. The van der Waals surface area contributed by atoms with E-state index >= 15 is 0 Å². The molecule has 1 aliphatic carbocycles. The Morgan fingerprint density at radius 3 is 2.35 bits per heavy atom. The number of hydrogen-bond donors (Lipinski definition) is 1. The summed E-state index contributed by atoms with van der Waals surface area (Å²) in [5, 5.41) is 3.67. The molecule has 1 aliphatic rings.